The summed E-state index contributed by atoms with van der Waals surface area (Å²) in [5.41, 5.74) is 3.79. The van der Waals surface area contributed by atoms with Gasteiger partial charge in [-0.2, -0.15) is 0 Å². The van der Waals surface area contributed by atoms with Crippen molar-refractivity contribution in [3.8, 4) is 0 Å². The minimum atomic E-state index is 0. The Morgan fingerprint density at radius 1 is 0.964 bits per heavy atom. The number of halogens is 1. The number of para-hydroxylation sites is 1. The average molecular weight is 494 g/mol. The van der Waals surface area contributed by atoms with Crippen LogP contribution in [0.1, 0.15) is 18.1 Å². The number of nitrogens with one attached hydrogen (secondary N) is 1. The van der Waals surface area contributed by atoms with Crippen LogP contribution >= 0.6 is 24.0 Å². The monoisotopic (exact) mass is 494 g/mol. The van der Waals surface area contributed by atoms with Gasteiger partial charge in [0.15, 0.2) is 5.96 Å². The zero-order valence-corrected chi connectivity index (χ0v) is 19.1. The van der Waals surface area contributed by atoms with Crippen LogP contribution in [0.25, 0.3) is 0 Å². The second kappa shape index (κ2) is 11.9. The number of guanidine groups is 1. The van der Waals surface area contributed by atoms with Crippen molar-refractivity contribution < 1.29 is 4.74 Å². The summed E-state index contributed by atoms with van der Waals surface area (Å²) in [4.78, 5) is 9.27. The maximum Gasteiger partial charge on any atom is 0.194 e. The minimum Gasteiger partial charge on any atom is -0.377 e. The summed E-state index contributed by atoms with van der Waals surface area (Å²) >= 11 is 0. The van der Waals surface area contributed by atoms with Gasteiger partial charge in [-0.25, -0.2) is 0 Å². The van der Waals surface area contributed by atoms with E-state index in [1.54, 1.807) is 0 Å². The van der Waals surface area contributed by atoms with Crippen LogP contribution in [0.2, 0.25) is 0 Å². The Balaban J connectivity index is 0.00000280. The first kappa shape index (κ1) is 22.5. The molecule has 1 aliphatic heterocycles. The number of anilines is 1. The first-order valence-electron chi connectivity index (χ1n) is 9.72. The van der Waals surface area contributed by atoms with Crippen LogP contribution in [0.5, 0.6) is 0 Å². The molecule has 0 spiro atoms. The lowest BCUT2D eigenvalue weighted by Crippen LogP contribution is -2.52. The van der Waals surface area contributed by atoms with Crippen LogP contribution in [0, 0.1) is 0 Å². The van der Waals surface area contributed by atoms with Gasteiger partial charge in [-0.1, -0.05) is 42.5 Å². The SMILES string of the molecule is CCOCc1ccccc1CNC(=NC)N1CCN(c2ccccc2)CC1.I. The van der Waals surface area contributed by atoms with Gasteiger partial charge in [-0.05, 0) is 30.2 Å². The van der Waals surface area contributed by atoms with Crippen molar-refractivity contribution in [2.24, 2.45) is 4.99 Å². The fourth-order valence-electron chi connectivity index (χ4n) is 3.40. The van der Waals surface area contributed by atoms with E-state index >= 15 is 0 Å². The number of ether oxygens (including phenoxy) is 1. The van der Waals surface area contributed by atoms with Gasteiger partial charge in [0.25, 0.3) is 0 Å². The summed E-state index contributed by atoms with van der Waals surface area (Å²) in [6.45, 7) is 8.12. The Hall–Kier alpha value is -1.80. The normalized spacial score (nSPS) is 14.6. The van der Waals surface area contributed by atoms with Crippen LogP contribution in [0.15, 0.2) is 59.6 Å². The molecule has 1 fully saturated rings. The number of benzene rings is 2. The lowest BCUT2D eigenvalue weighted by atomic mass is 10.1. The van der Waals surface area contributed by atoms with Crippen LogP contribution in [-0.4, -0.2) is 50.7 Å². The highest BCUT2D eigenvalue weighted by Crippen LogP contribution is 2.16. The molecule has 0 saturated carbocycles. The maximum atomic E-state index is 5.59. The van der Waals surface area contributed by atoms with E-state index < -0.39 is 0 Å². The van der Waals surface area contributed by atoms with E-state index in [2.05, 4.69) is 74.7 Å². The van der Waals surface area contributed by atoms with E-state index in [0.29, 0.717) is 6.61 Å². The van der Waals surface area contributed by atoms with Gasteiger partial charge in [0.1, 0.15) is 0 Å². The molecule has 0 aliphatic carbocycles. The molecule has 2 aromatic rings. The fraction of sp³-hybridized carbons (Fsp3) is 0.409. The molecule has 0 unspecified atom stereocenters. The van der Waals surface area contributed by atoms with E-state index in [9.17, 15) is 0 Å². The van der Waals surface area contributed by atoms with Gasteiger partial charge in [0.2, 0.25) is 0 Å². The largest absolute Gasteiger partial charge is 0.377 e. The smallest absolute Gasteiger partial charge is 0.194 e. The molecular weight excluding hydrogens is 463 g/mol. The molecule has 1 heterocycles. The van der Waals surface area contributed by atoms with E-state index in [4.69, 9.17) is 4.74 Å². The van der Waals surface area contributed by atoms with Crippen LogP contribution < -0.4 is 10.2 Å². The number of hydrogen-bond donors (Lipinski definition) is 1. The summed E-state index contributed by atoms with van der Waals surface area (Å²) in [6.07, 6.45) is 0. The quantitative estimate of drug-likeness (QED) is 0.378. The Morgan fingerprint density at radius 2 is 1.61 bits per heavy atom. The third-order valence-electron chi connectivity index (χ3n) is 4.93. The molecule has 5 nitrogen and oxygen atoms in total. The van der Waals surface area contributed by atoms with Gasteiger partial charge in [-0.3, -0.25) is 4.99 Å². The van der Waals surface area contributed by atoms with Crippen molar-refractivity contribution in [1.29, 1.82) is 0 Å². The molecule has 2 aromatic carbocycles. The average Bonchev–Trinajstić information content (AvgIpc) is 2.74. The molecule has 0 aromatic heterocycles. The molecule has 0 amide bonds. The summed E-state index contributed by atoms with van der Waals surface area (Å²) < 4.78 is 5.59. The number of piperazine rings is 1. The zero-order valence-electron chi connectivity index (χ0n) is 16.8. The molecule has 1 N–H and O–H groups in total. The maximum absolute atomic E-state index is 5.59. The summed E-state index contributed by atoms with van der Waals surface area (Å²) in [5, 5.41) is 3.53. The Kier molecular flexibility index (Phi) is 9.57. The Bertz CT molecular complexity index is 730. The second-order valence-electron chi connectivity index (χ2n) is 6.62. The topological polar surface area (TPSA) is 40.1 Å². The van der Waals surface area contributed by atoms with Gasteiger partial charge in [-0.15, -0.1) is 24.0 Å². The Labute approximate surface area is 185 Å². The number of aliphatic imine (C=N–C) groups is 1. The Morgan fingerprint density at radius 3 is 2.25 bits per heavy atom. The summed E-state index contributed by atoms with van der Waals surface area (Å²) in [6, 6.07) is 19.0. The van der Waals surface area contributed by atoms with Crippen molar-refractivity contribution in [2.45, 2.75) is 20.1 Å². The number of nitrogens with zero attached hydrogens (tertiary/aromatic N) is 3. The molecule has 0 atom stereocenters. The van der Waals surface area contributed by atoms with Gasteiger partial charge < -0.3 is 19.9 Å². The first-order valence-corrected chi connectivity index (χ1v) is 9.72. The second-order valence-corrected chi connectivity index (χ2v) is 6.62. The van der Waals surface area contributed by atoms with Crippen molar-refractivity contribution in [3.05, 3.63) is 65.7 Å². The van der Waals surface area contributed by atoms with Gasteiger partial charge in [0, 0.05) is 52.1 Å². The highest BCUT2D eigenvalue weighted by molar-refractivity contribution is 14.0. The summed E-state index contributed by atoms with van der Waals surface area (Å²) in [7, 11) is 1.86. The zero-order chi connectivity index (χ0) is 18.9. The summed E-state index contributed by atoms with van der Waals surface area (Å²) in [5.74, 6) is 0.967. The number of hydrogen-bond acceptors (Lipinski definition) is 3. The van der Waals surface area contributed by atoms with Crippen LogP contribution in [0.4, 0.5) is 5.69 Å². The molecule has 152 valence electrons. The minimum absolute atomic E-state index is 0. The van der Waals surface area contributed by atoms with Crippen LogP contribution in [0.3, 0.4) is 0 Å². The van der Waals surface area contributed by atoms with Crippen molar-refractivity contribution in [3.63, 3.8) is 0 Å². The van der Waals surface area contributed by atoms with Gasteiger partial charge in [0.05, 0.1) is 6.61 Å². The molecule has 6 heteroatoms. The third kappa shape index (κ3) is 6.10. The standard InChI is InChI=1S/C22H30N4O.HI/c1-3-27-18-20-10-8-7-9-19(20)17-24-22(23-2)26-15-13-25(14-16-26)21-11-5-4-6-12-21;/h4-12H,3,13-18H2,1-2H3,(H,23,24);1H. The molecule has 28 heavy (non-hydrogen) atoms. The highest BCUT2D eigenvalue weighted by Gasteiger charge is 2.19. The van der Waals surface area contributed by atoms with Gasteiger partial charge >= 0.3 is 0 Å². The van der Waals surface area contributed by atoms with E-state index in [1.807, 2.05) is 14.0 Å². The highest BCUT2D eigenvalue weighted by atomic mass is 127. The van der Waals surface area contributed by atoms with E-state index in [1.165, 1.54) is 16.8 Å². The number of rotatable bonds is 6. The lowest BCUT2D eigenvalue weighted by Gasteiger charge is -2.37. The van der Waals surface area contributed by atoms with Crippen molar-refractivity contribution >= 4 is 35.6 Å². The van der Waals surface area contributed by atoms with Crippen molar-refractivity contribution in [2.75, 3.05) is 44.7 Å². The molecule has 1 saturated heterocycles. The fourth-order valence-corrected chi connectivity index (χ4v) is 3.40. The van der Waals surface area contributed by atoms with E-state index in [0.717, 1.165) is 45.3 Å². The van der Waals surface area contributed by atoms with Crippen molar-refractivity contribution in [1.82, 2.24) is 10.2 Å². The first-order chi connectivity index (χ1) is 13.3. The predicted octanol–water partition coefficient (Wildman–Crippen LogP) is 3.74. The lowest BCUT2D eigenvalue weighted by molar-refractivity contribution is 0.133. The van der Waals surface area contributed by atoms with Crippen LogP contribution in [-0.2, 0) is 17.9 Å². The predicted molar refractivity (Wildman–Crippen MR) is 128 cm³/mol. The van der Waals surface area contributed by atoms with E-state index in [-0.39, 0.29) is 24.0 Å². The molecular formula is C22H31IN4O. The molecule has 0 radical (unpaired) electrons. The molecule has 0 bridgehead atoms. The molecule has 3 rings (SSSR count). The molecule has 1 aliphatic rings. The third-order valence-corrected chi connectivity index (χ3v) is 4.93.